The Morgan fingerprint density at radius 1 is 1.45 bits per heavy atom. The number of carbonyl (C=O) groups excluding carboxylic acids is 1. The van der Waals surface area contributed by atoms with Gasteiger partial charge in [-0.15, -0.1) is 0 Å². The highest BCUT2D eigenvalue weighted by Crippen LogP contribution is 2.22. The molecule has 106 valence electrons. The summed E-state index contributed by atoms with van der Waals surface area (Å²) in [5.74, 6) is -0.0282. The molecule has 5 nitrogen and oxygen atoms in total. The van der Waals surface area contributed by atoms with Crippen LogP contribution >= 0.6 is 0 Å². The predicted molar refractivity (Wildman–Crippen MR) is 73.6 cm³/mol. The number of hydrogen-bond donors (Lipinski definition) is 2. The van der Waals surface area contributed by atoms with Crippen LogP contribution < -0.4 is 5.32 Å². The fraction of sp³-hybridized carbons (Fsp3) is 0.400. The number of rotatable bonds is 2. The molecule has 0 bridgehead atoms. The molecule has 3 rings (SSSR count). The maximum Gasteiger partial charge on any atom is 0.287 e. The van der Waals surface area contributed by atoms with Crippen LogP contribution in [0.3, 0.4) is 0 Å². The number of furan rings is 1. The van der Waals surface area contributed by atoms with E-state index in [4.69, 9.17) is 9.15 Å². The minimum Gasteiger partial charge on any atom is -0.451 e. The molecule has 2 atom stereocenters. The Bertz CT molecular complexity index is 634. The summed E-state index contributed by atoms with van der Waals surface area (Å²) in [5, 5.41) is 13.5. The van der Waals surface area contributed by atoms with Gasteiger partial charge in [-0.2, -0.15) is 0 Å². The van der Waals surface area contributed by atoms with Gasteiger partial charge in [-0.05, 0) is 25.0 Å². The van der Waals surface area contributed by atoms with E-state index in [1.165, 1.54) is 0 Å². The second-order valence-electron chi connectivity index (χ2n) is 5.11. The fourth-order valence-corrected chi connectivity index (χ4v) is 2.45. The van der Waals surface area contributed by atoms with Crippen molar-refractivity contribution >= 4 is 16.9 Å². The average Bonchev–Trinajstić information content (AvgIpc) is 2.87. The van der Waals surface area contributed by atoms with Gasteiger partial charge in [0.25, 0.3) is 5.91 Å². The van der Waals surface area contributed by atoms with Gasteiger partial charge in [-0.25, -0.2) is 0 Å². The van der Waals surface area contributed by atoms with E-state index in [0.29, 0.717) is 13.0 Å². The summed E-state index contributed by atoms with van der Waals surface area (Å²) < 4.78 is 10.8. The standard InChI is InChI=1S/C15H17NO4/c1-9-3-2-4-10-7-13(20-14(9)10)15(18)16-11-5-6-19-8-12(11)17/h2-4,7,11-12,17H,5-6,8H2,1H3,(H,16,18)/t11-,12-/m1/s1. The SMILES string of the molecule is Cc1cccc2cc(C(=O)N[C@@H]3CCOC[C@H]3O)oc12. The molecule has 1 saturated heterocycles. The van der Waals surface area contributed by atoms with Crippen molar-refractivity contribution in [3.63, 3.8) is 0 Å². The first kappa shape index (κ1) is 13.1. The smallest absolute Gasteiger partial charge is 0.287 e. The Morgan fingerprint density at radius 2 is 2.30 bits per heavy atom. The van der Waals surface area contributed by atoms with Crippen molar-refractivity contribution in [2.45, 2.75) is 25.5 Å². The minimum atomic E-state index is -0.668. The number of amides is 1. The molecule has 2 N–H and O–H groups in total. The molecule has 0 saturated carbocycles. The molecule has 0 radical (unpaired) electrons. The Hall–Kier alpha value is -1.85. The number of nitrogens with one attached hydrogen (secondary N) is 1. The van der Waals surface area contributed by atoms with Crippen LogP contribution in [-0.2, 0) is 4.74 Å². The van der Waals surface area contributed by atoms with E-state index in [1.807, 2.05) is 25.1 Å². The van der Waals surface area contributed by atoms with Gasteiger partial charge in [-0.1, -0.05) is 18.2 Å². The zero-order valence-corrected chi connectivity index (χ0v) is 11.3. The Labute approximate surface area is 116 Å². The van der Waals surface area contributed by atoms with Crippen LogP contribution in [0.2, 0.25) is 0 Å². The van der Waals surface area contributed by atoms with Crippen molar-refractivity contribution in [2.75, 3.05) is 13.2 Å². The maximum atomic E-state index is 12.2. The van der Waals surface area contributed by atoms with Crippen LogP contribution in [0.4, 0.5) is 0 Å². The average molecular weight is 275 g/mol. The van der Waals surface area contributed by atoms with E-state index < -0.39 is 6.10 Å². The number of carbonyl (C=O) groups is 1. The Kier molecular flexibility index (Phi) is 3.46. The van der Waals surface area contributed by atoms with Crippen LogP contribution in [0.1, 0.15) is 22.5 Å². The lowest BCUT2D eigenvalue weighted by Crippen LogP contribution is -2.48. The number of aliphatic hydroxyl groups excluding tert-OH is 1. The summed E-state index contributed by atoms with van der Waals surface area (Å²) >= 11 is 0. The largest absolute Gasteiger partial charge is 0.451 e. The summed E-state index contributed by atoms with van der Waals surface area (Å²) in [5.41, 5.74) is 1.72. The van der Waals surface area contributed by atoms with Gasteiger partial charge in [0, 0.05) is 12.0 Å². The number of aryl methyl sites for hydroxylation is 1. The number of ether oxygens (including phenoxy) is 1. The lowest BCUT2D eigenvalue weighted by Gasteiger charge is -2.28. The molecular weight excluding hydrogens is 258 g/mol. The molecule has 1 aliphatic rings. The lowest BCUT2D eigenvalue weighted by atomic mass is 10.1. The van der Waals surface area contributed by atoms with Gasteiger partial charge in [0.2, 0.25) is 0 Å². The van der Waals surface area contributed by atoms with Crippen molar-refractivity contribution < 1.29 is 19.1 Å². The monoisotopic (exact) mass is 275 g/mol. The predicted octanol–water partition coefficient (Wildman–Crippen LogP) is 1.62. The van der Waals surface area contributed by atoms with Crippen LogP contribution in [-0.4, -0.2) is 36.4 Å². The van der Waals surface area contributed by atoms with Crippen molar-refractivity contribution in [3.05, 3.63) is 35.6 Å². The molecule has 1 fully saturated rings. The highest BCUT2D eigenvalue weighted by molar-refractivity contribution is 5.96. The highest BCUT2D eigenvalue weighted by atomic mass is 16.5. The summed E-state index contributed by atoms with van der Waals surface area (Å²) in [4.78, 5) is 12.2. The number of benzene rings is 1. The summed E-state index contributed by atoms with van der Waals surface area (Å²) in [6.45, 7) is 2.74. The molecule has 1 amide bonds. The second kappa shape index (κ2) is 5.26. The molecule has 2 heterocycles. The zero-order valence-electron chi connectivity index (χ0n) is 11.3. The van der Waals surface area contributed by atoms with Crippen molar-refractivity contribution in [1.29, 1.82) is 0 Å². The van der Waals surface area contributed by atoms with Crippen molar-refractivity contribution in [1.82, 2.24) is 5.32 Å². The van der Waals surface area contributed by atoms with Crippen LogP contribution in [0.5, 0.6) is 0 Å². The molecule has 5 heteroatoms. The van der Waals surface area contributed by atoms with Crippen molar-refractivity contribution in [3.8, 4) is 0 Å². The van der Waals surface area contributed by atoms with E-state index in [0.717, 1.165) is 16.5 Å². The number of hydrogen-bond acceptors (Lipinski definition) is 4. The van der Waals surface area contributed by atoms with E-state index in [9.17, 15) is 9.90 Å². The van der Waals surface area contributed by atoms with Gasteiger partial charge in [0.15, 0.2) is 5.76 Å². The number of para-hydroxylation sites is 1. The van der Waals surface area contributed by atoms with Gasteiger partial charge in [0.1, 0.15) is 5.58 Å². The molecule has 0 unspecified atom stereocenters. The van der Waals surface area contributed by atoms with Crippen LogP contribution in [0.15, 0.2) is 28.7 Å². The fourth-order valence-electron chi connectivity index (χ4n) is 2.45. The van der Waals surface area contributed by atoms with Gasteiger partial charge in [-0.3, -0.25) is 4.79 Å². The summed E-state index contributed by atoms with van der Waals surface area (Å²) in [7, 11) is 0. The third-order valence-corrected chi connectivity index (χ3v) is 3.61. The molecular formula is C15H17NO4. The normalized spacial score (nSPS) is 22.9. The first-order chi connectivity index (χ1) is 9.65. The van der Waals surface area contributed by atoms with E-state index in [2.05, 4.69) is 5.32 Å². The van der Waals surface area contributed by atoms with Gasteiger partial charge in [0.05, 0.1) is 18.8 Å². The Morgan fingerprint density at radius 3 is 3.05 bits per heavy atom. The first-order valence-electron chi connectivity index (χ1n) is 6.71. The summed E-state index contributed by atoms with van der Waals surface area (Å²) in [6.07, 6.45) is -0.0644. The molecule has 1 aromatic carbocycles. The van der Waals surface area contributed by atoms with E-state index in [-0.39, 0.29) is 24.3 Å². The zero-order chi connectivity index (χ0) is 14.1. The third-order valence-electron chi connectivity index (χ3n) is 3.61. The second-order valence-corrected chi connectivity index (χ2v) is 5.11. The molecule has 2 aromatic rings. The maximum absolute atomic E-state index is 12.2. The number of fused-ring (bicyclic) bond motifs is 1. The number of aliphatic hydroxyl groups is 1. The van der Waals surface area contributed by atoms with Gasteiger partial charge >= 0.3 is 0 Å². The molecule has 0 spiro atoms. The quantitative estimate of drug-likeness (QED) is 0.873. The van der Waals surface area contributed by atoms with E-state index in [1.54, 1.807) is 6.07 Å². The summed E-state index contributed by atoms with van der Waals surface area (Å²) in [6, 6.07) is 7.22. The van der Waals surface area contributed by atoms with Gasteiger partial charge < -0.3 is 19.6 Å². The van der Waals surface area contributed by atoms with Crippen molar-refractivity contribution in [2.24, 2.45) is 0 Å². The highest BCUT2D eigenvalue weighted by Gasteiger charge is 2.26. The molecule has 0 aliphatic carbocycles. The van der Waals surface area contributed by atoms with Crippen LogP contribution in [0.25, 0.3) is 11.0 Å². The Balaban J connectivity index is 1.80. The molecule has 1 aliphatic heterocycles. The topological polar surface area (TPSA) is 71.7 Å². The molecule has 1 aromatic heterocycles. The third kappa shape index (κ3) is 2.42. The molecule has 20 heavy (non-hydrogen) atoms. The minimum absolute atomic E-state index is 0.254. The van der Waals surface area contributed by atoms with Crippen LogP contribution in [0, 0.1) is 6.92 Å². The first-order valence-corrected chi connectivity index (χ1v) is 6.71. The lowest BCUT2D eigenvalue weighted by molar-refractivity contribution is -0.0262. The van der Waals surface area contributed by atoms with E-state index >= 15 is 0 Å².